The summed E-state index contributed by atoms with van der Waals surface area (Å²) in [6.45, 7) is 8.18. The number of sulfone groups is 1. The second-order valence-electron chi connectivity index (χ2n) is 8.98. The smallest absolute Gasteiger partial charge is 0.233 e. The quantitative estimate of drug-likeness (QED) is 0.586. The van der Waals surface area contributed by atoms with Gasteiger partial charge in [0.1, 0.15) is 0 Å². The molecule has 0 saturated carbocycles. The van der Waals surface area contributed by atoms with Crippen LogP contribution >= 0.6 is 11.8 Å². The molecule has 0 aliphatic carbocycles. The largest absolute Gasteiger partial charge is 0.339 e. The Morgan fingerprint density at radius 1 is 1.19 bits per heavy atom. The summed E-state index contributed by atoms with van der Waals surface area (Å²) in [4.78, 5) is 21.8. The second-order valence-corrected chi connectivity index (χ2v) is 12.2. The van der Waals surface area contributed by atoms with Crippen LogP contribution in [0.3, 0.4) is 0 Å². The van der Waals surface area contributed by atoms with Crippen LogP contribution in [-0.4, -0.2) is 83.2 Å². The van der Waals surface area contributed by atoms with Crippen LogP contribution < -0.4 is 0 Å². The van der Waals surface area contributed by atoms with Gasteiger partial charge in [-0.15, -0.1) is 0 Å². The Bertz CT molecular complexity index is 1030. The van der Waals surface area contributed by atoms with Crippen molar-refractivity contribution < 1.29 is 13.2 Å². The molecule has 2 aliphatic rings. The number of aryl methyl sites for hydroxylation is 1. The lowest BCUT2D eigenvalue weighted by Crippen LogP contribution is -2.52. The molecule has 0 spiro atoms. The summed E-state index contributed by atoms with van der Waals surface area (Å²) in [5.74, 6) is 1.68. The Morgan fingerprint density at radius 2 is 1.94 bits per heavy atom. The van der Waals surface area contributed by atoms with Gasteiger partial charge >= 0.3 is 0 Å². The van der Waals surface area contributed by atoms with E-state index in [4.69, 9.17) is 4.98 Å². The Kier molecular flexibility index (Phi) is 6.93. The number of para-hydroxylation sites is 2. The number of amides is 1. The fourth-order valence-electron chi connectivity index (χ4n) is 4.38. The molecule has 2 aromatic rings. The van der Waals surface area contributed by atoms with E-state index in [0.717, 1.165) is 48.7 Å². The van der Waals surface area contributed by atoms with Crippen molar-refractivity contribution in [1.29, 1.82) is 0 Å². The lowest BCUT2D eigenvalue weighted by molar-refractivity contribution is -0.130. The molecule has 2 aliphatic heterocycles. The van der Waals surface area contributed by atoms with Crippen LogP contribution in [0, 0.1) is 5.92 Å². The van der Waals surface area contributed by atoms with E-state index in [1.807, 2.05) is 23.1 Å². The molecule has 0 unspecified atom stereocenters. The van der Waals surface area contributed by atoms with Crippen LogP contribution in [-0.2, 0) is 21.2 Å². The molecule has 0 radical (unpaired) electrons. The fourth-order valence-corrected chi connectivity index (χ4v) is 7.09. The normalized spacial score (nSPS) is 21.9. The molecule has 1 aromatic heterocycles. The number of carbonyl (C=O) groups is 1. The molecule has 3 heterocycles. The maximum atomic E-state index is 12.8. The molecule has 1 aromatic carbocycles. The third kappa shape index (κ3) is 5.43. The van der Waals surface area contributed by atoms with Crippen LogP contribution in [0.5, 0.6) is 0 Å². The van der Waals surface area contributed by atoms with E-state index in [1.54, 1.807) is 0 Å². The van der Waals surface area contributed by atoms with Gasteiger partial charge in [-0.05, 0) is 30.9 Å². The highest BCUT2D eigenvalue weighted by molar-refractivity contribution is 7.99. The zero-order valence-electron chi connectivity index (χ0n) is 18.4. The molecule has 0 bridgehead atoms. The minimum Gasteiger partial charge on any atom is -0.339 e. The first-order valence-electron chi connectivity index (χ1n) is 11.1. The fraction of sp³-hybridized carbons (Fsp3) is 0.636. The van der Waals surface area contributed by atoms with E-state index < -0.39 is 9.84 Å². The number of nitrogens with zero attached hydrogens (tertiary/aromatic N) is 4. The molecule has 9 heteroatoms. The van der Waals surface area contributed by atoms with Crippen molar-refractivity contribution in [2.45, 2.75) is 44.4 Å². The van der Waals surface area contributed by atoms with Crippen molar-refractivity contribution in [3.8, 4) is 0 Å². The second kappa shape index (κ2) is 9.50. The average Bonchev–Trinajstić information content (AvgIpc) is 3.29. The highest BCUT2D eigenvalue weighted by atomic mass is 32.2. The van der Waals surface area contributed by atoms with Crippen LogP contribution in [0.15, 0.2) is 29.4 Å². The van der Waals surface area contributed by atoms with E-state index in [9.17, 15) is 13.2 Å². The summed E-state index contributed by atoms with van der Waals surface area (Å²) in [6.07, 6.45) is 1.79. The monoisotopic (exact) mass is 464 g/mol. The average molecular weight is 465 g/mol. The van der Waals surface area contributed by atoms with Gasteiger partial charge in [0.2, 0.25) is 5.91 Å². The third-order valence-corrected chi connectivity index (χ3v) is 8.98. The predicted molar refractivity (Wildman–Crippen MR) is 125 cm³/mol. The van der Waals surface area contributed by atoms with Gasteiger partial charge in [0.25, 0.3) is 0 Å². The number of carbonyl (C=O) groups excluding carboxylic acids is 1. The summed E-state index contributed by atoms with van der Waals surface area (Å²) >= 11 is 1.52. The Morgan fingerprint density at radius 3 is 2.61 bits per heavy atom. The number of imidazole rings is 1. The Labute approximate surface area is 189 Å². The van der Waals surface area contributed by atoms with Gasteiger partial charge in [0, 0.05) is 38.8 Å². The molecule has 4 rings (SSSR count). The van der Waals surface area contributed by atoms with E-state index in [1.165, 1.54) is 11.8 Å². The summed E-state index contributed by atoms with van der Waals surface area (Å²) in [5, 5.41) is 0.907. The standard InChI is InChI=1S/C22H32N4O3S2/c1-17(2)7-9-26-20-6-4-3-5-19(20)23-22(26)30-15-21(27)25-12-10-24(11-13-25)18-8-14-31(28,29)16-18/h3-6,17-18H,7-16H2,1-2H3/t18-/m1/s1. The molecule has 1 atom stereocenters. The van der Waals surface area contributed by atoms with Crippen LogP contribution in [0.2, 0.25) is 0 Å². The van der Waals surface area contributed by atoms with Gasteiger partial charge in [-0.3, -0.25) is 9.69 Å². The van der Waals surface area contributed by atoms with E-state index in [-0.39, 0.29) is 17.7 Å². The van der Waals surface area contributed by atoms with Crippen molar-refractivity contribution in [2.75, 3.05) is 43.4 Å². The summed E-state index contributed by atoms with van der Waals surface area (Å²) < 4.78 is 25.7. The minimum absolute atomic E-state index is 0.123. The predicted octanol–water partition coefficient (Wildman–Crippen LogP) is 2.51. The molecule has 7 nitrogen and oxygen atoms in total. The van der Waals surface area contributed by atoms with E-state index in [0.29, 0.717) is 30.5 Å². The zero-order chi connectivity index (χ0) is 22.0. The van der Waals surface area contributed by atoms with Gasteiger partial charge < -0.3 is 9.47 Å². The van der Waals surface area contributed by atoms with Crippen molar-refractivity contribution in [1.82, 2.24) is 19.4 Å². The molecular weight excluding hydrogens is 432 g/mol. The number of thioether (sulfide) groups is 1. The molecule has 170 valence electrons. The number of benzene rings is 1. The lowest BCUT2D eigenvalue weighted by Gasteiger charge is -2.37. The number of fused-ring (bicyclic) bond motifs is 1. The number of hydrogen-bond donors (Lipinski definition) is 0. The van der Waals surface area contributed by atoms with Crippen LogP contribution in [0.25, 0.3) is 11.0 Å². The van der Waals surface area contributed by atoms with Gasteiger partial charge in [0.05, 0.1) is 28.3 Å². The summed E-state index contributed by atoms with van der Waals surface area (Å²) in [6, 6.07) is 8.27. The SMILES string of the molecule is CC(C)CCn1c(SCC(=O)N2CCN([C@@H]3CCS(=O)(=O)C3)CC2)nc2ccccc21. The number of piperazine rings is 1. The van der Waals surface area contributed by atoms with Gasteiger partial charge in [-0.25, -0.2) is 13.4 Å². The topological polar surface area (TPSA) is 75.5 Å². The lowest BCUT2D eigenvalue weighted by atomic mass is 10.1. The maximum Gasteiger partial charge on any atom is 0.233 e. The molecular formula is C22H32N4O3S2. The molecule has 0 N–H and O–H groups in total. The Balaban J connectivity index is 1.34. The van der Waals surface area contributed by atoms with Gasteiger partial charge in [-0.1, -0.05) is 37.7 Å². The molecule has 1 amide bonds. The first-order chi connectivity index (χ1) is 14.8. The highest BCUT2D eigenvalue weighted by Gasteiger charge is 2.34. The summed E-state index contributed by atoms with van der Waals surface area (Å²) in [5.41, 5.74) is 2.10. The first-order valence-corrected chi connectivity index (χ1v) is 13.9. The van der Waals surface area contributed by atoms with E-state index in [2.05, 4.69) is 29.4 Å². The number of rotatable bonds is 7. The highest BCUT2D eigenvalue weighted by Crippen LogP contribution is 2.26. The zero-order valence-corrected chi connectivity index (χ0v) is 20.0. The molecule has 31 heavy (non-hydrogen) atoms. The number of hydrogen-bond acceptors (Lipinski definition) is 6. The number of aromatic nitrogens is 2. The maximum absolute atomic E-state index is 12.8. The van der Waals surface area contributed by atoms with Crippen molar-refractivity contribution in [3.05, 3.63) is 24.3 Å². The first kappa shape index (κ1) is 22.6. The minimum atomic E-state index is -2.87. The summed E-state index contributed by atoms with van der Waals surface area (Å²) in [7, 11) is -2.87. The van der Waals surface area contributed by atoms with Crippen molar-refractivity contribution >= 4 is 38.5 Å². The Hall–Kier alpha value is -1.58. The van der Waals surface area contributed by atoms with Crippen LogP contribution in [0.1, 0.15) is 26.7 Å². The van der Waals surface area contributed by atoms with E-state index >= 15 is 0 Å². The van der Waals surface area contributed by atoms with Gasteiger partial charge in [-0.2, -0.15) is 0 Å². The third-order valence-electron chi connectivity index (χ3n) is 6.27. The van der Waals surface area contributed by atoms with Crippen molar-refractivity contribution in [2.24, 2.45) is 5.92 Å². The van der Waals surface area contributed by atoms with Gasteiger partial charge in [0.15, 0.2) is 15.0 Å². The van der Waals surface area contributed by atoms with Crippen molar-refractivity contribution in [3.63, 3.8) is 0 Å². The molecule has 2 fully saturated rings. The molecule has 2 saturated heterocycles. The van der Waals surface area contributed by atoms with Crippen LogP contribution in [0.4, 0.5) is 0 Å².